The van der Waals surface area contributed by atoms with Crippen LogP contribution in [0.4, 0.5) is 13.2 Å². The molecule has 29 heavy (non-hydrogen) atoms. The normalized spacial score (nSPS) is 19.1. The smallest absolute Gasteiger partial charge is 0.416 e. The summed E-state index contributed by atoms with van der Waals surface area (Å²) in [5.74, 6) is 0.838. The molecule has 2 aromatic carbocycles. The van der Waals surface area contributed by atoms with Gasteiger partial charge in [0, 0.05) is 44.5 Å². The molecule has 0 bridgehead atoms. The Labute approximate surface area is 167 Å². The predicted octanol–water partition coefficient (Wildman–Crippen LogP) is 4.87. The van der Waals surface area contributed by atoms with Gasteiger partial charge in [-0.25, -0.2) is 0 Å². The lowest BCUT2D eigenvalue weighted by molar-refractivity contribution is -0.137. The molecule has 4 rings (SSSR count). The average Bonchev–Trinajstić information content (AvgIpc) is 3.14. The summed E-state index contributed by atoms with van der Waals surface area (Å²) < 4.78 is 44.1. The molecule has 1 saturated heterocycles. The second-order valence-corrected chi connectivity index (χ2v) is 7.69. The van der Waals surface area contributed by atoms with Crippen LogP contribution in [0.15, 0.2) is 53.7 Å². The second-order valence-electron chi connectivity index (χ2n) is 7.69. The van der Waals surface area contributed by atoms with E-state index in [-0.39, 0.29) is 0 Å². The Morgan fingerprint density at radius 1 is 1.10 bits per heavy atom. The van der Waals surface area contributed by atoms with E-state index in [2.05, 4.69) is 22.2 Å². The van der Waals surface area contributed by atoms with Crippen LogP contribution in [0.5, 0.6) is 5.75 Å². The number of hydrogen-bond donors (Lipinski definition) is 0. The summed E-state index contributed by atoms with van der Waals surface area (Å²) >= 11 is 0. The van der Waals surface area contributed by atoms with E-state index < -0.39 is 17.3 Å². The molecule has 0 saturated carbocycles. The molecular formula is C22H23F3N2O2. The van der Waals surface area contributed by atoms with E-state index in [0.29, 0.717) is 17.7 Å². The molecule has 0 unspecified atom stereocenters. The van der Waals surface area contributed by atoms with E-state index in [1.165, 1.54) is 11.6 Å². The molecule has 7 heteroatoms. The van der Waals surface area contributed by atoms with Crippen molar-refractivity contribution in [3.05, 3.63) is 65.2 Å². The van der Waals surface area contributed by atoms with Gasteiger partial charge in [0.25, 0.3) is 0 Å². The third kappa shape index (κ3) is 4.40. The van der Waals surface area contributed by atoms with Crippen LogP contribution in [0.2, 0.25) is 0 Å². The molecule has 0 aromatic heterocycles. The fourth-order valence-electron chi connectivity index (χ4n) is 3.93. The van der Waals surface area contributed by atoms with E-state index in [0.717, 1.165) is 50.4 Å². The fraction of sp³-hybridized carbons (Fsp3) is 0.409. The average molecular weight is 404 g/mol. The Morgan fingerprint density at radius 3 is 2.48 bits per heavy atom. The van der Waals surface area contributed by atoms with Gasteiger partial charge >= 0.3 is 6.18 Å². The van der Waals surface area contributed by atoms with Crippen LogP contribution in [0.3, 0.4) is 0 Å². The summed E-state index contributed by atoms with van der Waals surface area (Å²) in [7, 11) is 1.65. The van der Waals surface area contributed by atoms with Crippen LogP contribution < -0.4 is 4.74 Å². The molecule has 2 aliphatic rings. The maximum atomic E-state index is 13.0. The van der Waals surface area contributed by atoms with Crippen molar-refractivity contribution in [2.75, 3.05) is 20.2 Å². The molecule has 2 heterocycles. The zero-order valence-electron chi connectivity index (χ0n) is 16.2. The van der Waals surface area contributed by atoms with Crippen LogP contribution in [0.1, 0.15) is 36.0 Å². The summed E-state index contributed by atoms with van der Waals surface area (Å²) in [6.45, 7) is 2.57. The highest BCUT2D eigenvalue weighted by Crippen LogP contribution is 2.37. The highest BCUT2D eigenvalue weighted by molar-refractivity contribution is 6.01. The van der Waals surface area contributed by atoms with Crippen molar-refractivity contribution in [1.82, 2.24) is 4.90 Å². The van der Waals surface area contributed by atoms with Crippen molar-refractivity contribution in [2.24, 2.45) is 5.16 Å². The Bertz CT molecular complexity index is 886. The van der Waals surface area contributed by atoms with Gasteiger partial charge in [-0.15, -0.1) is 0 Å². The van der Waals surface area contributed by atoms with Crippen molar-refractivity contribution in [2.45, 2.75) is 37.6 Å². The number of oxime groups is 1. The zero-order valence-corrected chi connectivity index (χ0v) is 16.2. The monoisotopic (exact) mass is 404 g/mol. The Balaban J connectivity index is 1.35. The van der Waals surface area contributed by atoms with E-state index in [1.807, 2.05) is 12.1 Å². The fourth-order valence-corrected chi connectivity index (χ4v) is 3.93. The van der Waals surface area contributed by atoms with Gasteiger partial charge in [0.1, 0.15) is 11.4 Å². The molecule has 0 N–H and O–H groups in total. The summed E-state index contributed by atoms with van der Waals surface area (Å²) in [4.78, 5) is 8.13. The molecule has 0 amide bonds. The van der Waals surface area contributed by atoms with Gasteiger partial charge in [-0.2, -0.15) is 13.2 Å². The lowest BCUT2D eigenvalue weighted by Gasteiger charge is -2.37. The van der Waals surface area contributed by atoms with E-state index in [4.69, 9.17) is 9.57 Å². The minimum absolute atomic E-state index is 0.403. The van der Waals surface area contributed by atoms with Crippen LogP contribution >= 0.6 is 0 Å². The van der Waals surface area contributed by atoms with Crippen molar-refractivity contribution < 1.29 is 22.7 Å². The maximum Gasteiger partial charge on any atom is 0.416 e. The Kier molecular flexibility index (Phi) is 5.25. The summed E-state index contributed by atoms with van der Waals surface area (Å²) in [5.41, 5.74) is 1.24. The molecule has 0 radical (unpaired) electrons. The van der Waals surface area contributed by atoms with Crippen LogP contribution in [0.25, 0.3) is 0 Å². The van der Waals surface area contributed by atoms with Gasteiger partial charge in [-0.3, -0.25) is 4.90 Å². The number of alkyl halides is 3. The number of ether oxygens (including phenoxy) is 1. The van der Waals surface area contributed by atoms with Gasteiger partial charge in [0.2, 0.25) is 0 Å². The van der Waals surface area contributed by atoms with Crippen LogP contribution in [-0.2, 0) is 17.6 Å². The standard InChI is InChI=1S/C22H23F3N2O2/c1-28-19-7-5-16(6-8-19)15-27-11-9-21(10-12-27)14-20(26-29-21)17-3-2-4-18(13-17)22(23,24)25/h2-8,13H,9-12,14-15H2,1H3. The highest BCUT2D eigenvalue weighted by Gasteiger charge is 2.42. The lowest BCUT2D eigenvalue weighted by Crippen LogP contribution is -2.44. The molecule has 2 aromatic rings. The van der Waals surface area contributed by atoms with Gasteiger partial charge in [-0.05, 0) is 29.8 Å². The zero-order chi connectivity index (χ0) is 20.5. The first-order chi connectivity index (χ1) is 13.9. The topological polar surface area (TPSA) is 34.1 Å². The van der Waals surface area contributed by atoms with E-state index in [9.17, 15) is 13.2 Å². The highest BCUT2D eigenvalue weighted by atomic mass is 19.4. The van der Waals surface area contributed by atoms with Crippen molar-refractivity contribution in [3.63, 3.8) is 0 Å². The maximum absolute atomic E-state index is 13.0. The number of benzene rings is 2. The number of likely N-dealkylation sites (tertiary alicyclic amines) is 1. The molecule has 154 valence electrons. The minimum atomic E-state index is -4.36. The first-order valence-electron chi connectivity index (χ1n) is 9.65. The number of piperidine rings is 1. The number of hydrogen-bond acceptors (Lipinski definition) is 4. The van der Waals surface area contributed by atoms with Gasteiger partial charge < -0.3 is 9.57 Å². The molecule has 4 nitrogen and oxygen atoms in total. The molecular weight excluding hydrogens is 381 g/mol. The quantitative estimate of drug-likeness (QED) is 0.729. The van der Waals surface area contributed by atoms with Crippen molar-refractivity contribution >= 4 is 5.71 Å². The lowest BCUT2D eigenvalue weighted by atomic mass is 9.85. The second kappa shape index (κ2) is 7.71. The summed E-state index contributed by atoms with van der Waals surface area (Å²) in [6.07, 6.45) is -2.21. The Hall–Kier alpha value is -2.54. The first kappa shape index (κ1) is 19.8. The van der Waals surface area contributed by atoms with E-state index in [1.54, 1.807) is 13.2 Å². The number of methoxy groups -OCH3 is 1. The van der Waals surface area contributed by atoms with Crippen LogP contribution in [-0.4, -0.2) is 36.4 Å². The van der Waals surface area contributed by atoms with Crippen molar-refractivity contribution in [3.8, 4) is 5.75 Å². The third-order valence-corrected chi connectivity index (χ3v) is 5.69. The van der Waals surface area contributed by atoms with Gasteiger partial charge in [0.05, 0.1) is 18.4 Å². The molecule has 0 atom stereocenters. The molecule has 0 aliphatic carbocycles. The summed E-state index contributed by atoms with van der Waals surface area (Å²) in [6, 6.07) is 13.3. The van der Waals surface area contributed by atoms with Crippen molar-refractivity contribution in [1.29, 1.82) is 0 Å². The van der Waals surface area contributed by atoms with Gasteiger partial charge in [0.15, 0.2) is 0 Å². The number of rotatable bonds is 4. The predicted molar refractivity (Wildman–Crippen MR) is 104 cm³/mol. The van der Waals surface area contributed by atoms with E-state index >= 15 is 0 Å². The molecule has 1 spiro atoms. The van der Waals surface area contributed by atoms with Gasteiger partial charge in [-0.1, -0.05) is 29.4 Å². The SMILES string of the molecule is COc1ccc(CN2CCC3(CC2)CC(c2cccc(C(F)(F)F)c2)=NO3)cc1. The Morgan fingerprint density at radius 2 is 1.83 bits per heavy atom. The van der Waals surface area contributed by atoms with Crippen LogP contribution in [0, 0.1) is 0 Å². The largest absolute Gasteiger partial charge is 0.497 e. The summed E-state index contributed by atoms with van der Waals surface area (Å²) in [5, 5.41) is 4.15. The minimum Gasteiger partial charge on any atom is -0.497 e. The first-order valence-corrected chi connectivity index (χ1v) is 9.65. The third-order valence-electron chi connectivity index (χ3n) is 5.69. The number of nitrogens with zero attached hydrogens (tertiary/aromatic N) is 2. The molecule has 2 aliphatic heterocycles. The molecule has 1 fully saturated rings. The number of halogens is 3.